The number of hydrogen-bond donors (Lipinski definition) is 1. The molecule has 2 aromatic rings. The first-order chi connectivity index (χ1) is 9.52. The first kappa shape index (κ1) is 14.4. The van der Waals surface area contributed by atoms with Crippen molar-refractivity contribution in [2.45, 2.75) is 19.8 Å². The van der Waals surface area contributed by atoms with Crippen LogP contribution in [0, 0.1) is 0 Å². The van der Waals surface area contributed by atoms with Crippen LogP contribution in [0.5, 0.6) is 5.75 Å². The molecule has 0 saturated heterocycles. The number of halogens is 1. The molecule has 0 aliphatic rings. The number of ether oxygens (including phenoxy) is 1. The quantitative estimate of drug-likeness (QED) is 0.676. The van der Waals surface area contributed by atoms with E-state index in [4.69, 9.17) is 25.9 Å². The second kappa shape index (κ2) is 5.96. The summed E-state index contributed by atoms with van der Waals surface area (Å²) in [4.78, 5) is 22.4. The summed E-state index contributed by atoms with van der Waals surface area (Å²) in [5.74, 6) is -0.918. The van der Waals surface area contributed by atoms with Crippen molar-refractivity contribution < 1.29 is 19.1 Å². The van der Waals surface area contributed by atoms with Gasteiger partial charge >= 0.3 is 11.6 Å². The van der Waals surface area contributed by atoms with Crippen molar-refractivity contribution in [1.82, 2.24) is 0 Å². The van der Waals surface area contributed by atoms with Crippen LogP contribution in [-0.4, -0.2) is 17.7 Å². The third kappa shape index (κ3) is 2.93. The van der Waals surface area contributed by atoms with E-state index in [1.165, 1.54) is 18.2 Å². The lowest BCUT2D eigenvalue weighted by Gasteiger charge is -2.08. The molecule has 0 atom stereocenters. The van der Waals surface area contributed by atoms with E-state index in [-0.39, 0.29) is 5.58 Å². The Morgan fingerprint density at radius 3 is 2.80 bits per heavy atom. The Morgan fingerprint density at radius 1 is 1.40 bits per heavy atom. The van der Waals surface area contributed by atoms with Crippen LogP contribution in [0.1, 0.15) is 30.1 Å². The molecule has 0 aliphatic carbocycles. The summed E-state index contributed by atoms with van der Waals surface area (Å²) < 4.78 is 10.5. The number of unbranched alkanes of at least 4 members (excludes halogenated alkanes) is 1. The fourth-order valence-corrected chi connectivity index (χ4v) is 1.93. The van der Waals surface area contributed by atoms with Gasteiger partial charge in [0, 0.05) is 11.5 Å². The minimum atomic E-state index is -1.33. The highest BCUT2D eigenvalue weighted by Gasteiger charge is 2.14. The van der Waals surface area contributed by atoms with Gasteiger partial charge in [-0.3, -0.25) is 0 Å². The molecule has 0 saturated carbocycles. The van der Waals surface area contributed by atoms with Gasteiger partial charge in [-0.15, -0.1) is 0 Å². The molecule has 0 amide bonds. The van der Waals surface area contributed by atoms with E-state index in [0.717, 1.165) is 12.8 Å². The summed E-state index contributed by atoms with van der Waals surface area (Å²) in [6, 6.07) is 4.26. The second-order valence-electron chi connectivity index (χ2n) is 4.28. The van der Waals surface area contributed by atoms with Gasteiger partial charge in [0.2, 0.25) is 0 Å². The maximum atomic E-state index is 11.5. The summed E-state index contributed by atoms with van der Waals surface area (Å²) in [6.07, 6.45) is 1.87. The minimum Gasteiger partial charge on any atom is -0.492 e. The van der Waals surface area contributed by atoms with Crippen molar-refractivity contribution in [2.24, 2.45) is 0 Å². The number of carbonyl (C=O) groups is 1. The largest absolute Gasteiger partial charge is 0.492 e. The van der Waals surface area contributed by atoms with Gasteiger partial charge in [-0.1, -0.05) is 24.9 Å². The Hall–Kier alpha value is -2.01. The fourth-order valence-electron chi connectivity index (χ4n) is 1.71. The molecule has 2 rings (SSSR count). The van der Waals surface area contributed by atoms with E-state index in [2.05, 4.69) is 0 Å². The summed E-state index contributed by atoms with van der Waals surface area (Å²) in [5.41, 5.74) is -1.07. The van der Waals surface area contributed by atoms with Crippen LogP contribution in [0.2, 0.25) is 5.02 Å². The van der Waals surface area contributed by atoms with Crippen LogP contribution in [0.4, 0.5) is 0 Å². The molecule has 1 N–H and O–H groups in total. The van der Waals surface area contributed by atoms with Crippen LogP contribution in [0.25, 0.3) is 11.0 Å². The molecule has 106 valence electrons. The molecule has 1 aromatic carbocycles. The standard InChI is InChI=1S/C14H13ClO5/c1-2-3-4-19-12-7-11-8(6-10(12)15)5-9(13(16)17)14(18)20-11/h5-7H,2-4H2,1H3,(H,16,17). The lowest BCUT2D eigenvalue weighted by atomic mass is 10.2. The highest BCUT2D eigenvalue weighted by Crippen LogP contribution is 2.30. The Labute approximate surface area is 119 Å². The summed E-state index contributed by atoms with van der Waals surface area (Å²) in [7, 11) is 0. The van der Waals surface area contributed by atoms with Crippen LogP contribution in [0.15, 0.2) is 27.4 Å². The zero-order valence-electron chi connectivity index (χ0n) is 10.8. The molecule has 0 spiro atoms. The second-order valence-corrected chi connectivity index (χ2v) is 4.68. The smallest absolute Gasteiger partial charge is 0.351 e. The SMILES string of the molecule is CCCCOc1cc2oc(=O)c(C(=O)O)cc2cc1Cl. The topological polar surface area (TPSA) is 76.7 Å². The molecule has 20 heavy (non-hydrogen) atoms. The van der Waals surface area contributed by atoms with E-state index in [1.54, 1.807) is 0 Å². The molecule has 0 fully saturated rings. The number of fused-ring (bicyclic) bond motifs is 1. The Morgan fingerprint density at radius 2 is 2.15 bits per heavy atom. The zero-order chi connectivity index (χ0) is 14.7. The van der Waals surface area contributed by atoms with Crippen molar-refractivity contribution >= 4 is 28.5 Å². The Balaban J connectivity index is 2.46. The monoisotopic (exact) mass is 296 g/mol. The number of hydrogen-bond acceptors (Lipinski definition) is 4. The average Bonchev–Trinajstić information content (AvgIpc) is 2.39. The number of rotatable bonds is 5. The van der Waals surface area contributed by atoms with Gasteiger partial charge in [0.15, 0.2) is 0 Å². The van der Waals surface area contributed by atoms with Gasteiger partial charge in [-0.25, -0.2) is 9.59 Å². The summed E-state index contributed by atoms with van der Waals surface area (Å²) >= 11 is 6.06. The highest BCUT2D eigenvalue weighted by molar-refractivity contribution is 6.32. The highest BCUT2D eigenvalue weighted by atomic mass is 35.5. The third-order valence-corrected chi connectivity index (χ3v) is 3.07. The van der Waals surface area contributed by atoms with Gasteiger partial charge in [-0.2, -0.15) is 0 Å². The van der Waals surface area contributed by atoms with Gasteiger partial charge in [0.25, 0.3) is 0 Å². The molecule has 6 heteroatoms. The molecule has 0 unspecified atom stereocenters. The summed E-state index contributed by atoms with van der Waals surface area (Å²) in [5, 5.41) is 9.66. The molecular weight excluding hydrogens is 284 g/mol. The number of carboxylic acids is 1. The van der Waals surface area contributed by atoms with Crippen molar-refractivity contribution in [2.75, 3.05) is 6.61 Å². The van der Waals surface area contributed by atoms with Crippen molar-refractivity contribution in [3.63, 3.8) is 0 Å². The van der Waals surface area contributed by atoms with Gasteiger partial charge in [0.1, 0.15) is 16.9 Å². The molecule has 0 bridgehead atoms. The average molecular weight is 297 g/mol. The van der Waals surface area contributed by atoms with E-state index < -0.39 is 17.2 Å². The van der Waals surface area contributed by atoms with Gasteiger partial charge < -0.3 is 14.3 Å². The van der Waals surface area contributed by atoms with Crippen LogP contribution >= 0.6 is 11.6 Å². The molecule has 0 aliphatic heterocycles. The maximum Gasteiger partial charge on any atom is 0.351 e. The summed E-state index contributed by atoms with van der Waals surface area (Å²) in [6.45, 7) is 2.55. The first-order valence-corrected chi connectivity index (χ1v) is 6.54. The van der Waals surface area contributed by atoms with E-state index in [1.807, 2.05) is 6.92 Å². The van der Waals surface area contributed by atoms with Crippen LogP contribution in [-0.2, 0) is 0 Å². The predicted molar refractivity (Wildman–Crippen MR) is 74.9 cm³/mol. The van der Waals surface area contributed by atoms with Gasteiger partial charge in [0.05, 0.1) is 11.6 Å². The van der Waals surface area contributed by atoms with Crippen LogP contribution in [0.3, 0.4) is 0 Å². The lowest BCUT2D eigenvalue weighted by molar-refractivity contribution is 0.0692. The predicted octanol–water partition coefficient (Wildman–Crippen LogP) is 3.32. The fraction of sp³-hybridized carbons (Fsp3) is 0.286. The Kier molecular flexibility index (Phi) is 4.29. The first-order valence-electron chi connectivity index (χ1n) is 6.16. The van der Waals surface area contributed by atoms with E-state index >= 15 is 0 Å². The molecule has 5 nitrogen and oxygen atoms in total. The molecular formula is C14H13ClO5. The minimum absolute atomic E-state index is 0.246. The number of aromatic carboxylic acids is 1. The Bertz CT molecular complexity index is 705. The number of carboxylic acid groups (broad SMARTS) is 1. The van der Waals surface area contributed by atoms with Crippen molar-refractivity contribution in [3.8, 4) is 5.75 Å². The maximum absolute atomic E-state index is 11.5. The molecule has 1 aromatic heterocycles. The van der Waals surface area contributed by atoms with Crippen molar-refractivity contribution in [3.05, 3.63) is 39.2 Å². The normalized spacial score (nSPS) is 10.7. The molecule has 1 heterocycles. The van der Waals surface area contributed by atoms with Crippen molar-refractivity contribution in [1.29, 1.82) is 0 Å². The van der Waals surface area contributed by atoms with Crippen LogP contribution < -0.4 is 10.4 Å². The third-order valence-electron chi connectivity index (χ3n) is 2.77. The zero-order valence-corrected chi connectivity index (χ0v) is 11.6. The molecule has 0 radical (unpaired) electrons. The lowest BCUT2D eigenvalue weighted by Crippen LogP contribution is -2.12. The van der Waals surface area contributed by atoms with E-state index in [0.29, 0.717) is 22.8 Å². The number of benzene rings is 1. The van der Waals surface area contributed by atoms with E-state index in [9.17, 15) is 9.59 Å². The van der Waals surface area contributed by atoms with Gasteiger partial charge in [-0.05, 0) is 18.6 Å².